The molecule has 0 aliphatic carbocycles. The van der Waals surface area contributed by atoms with Crippen molar-refractivity contribution in [2.75, 3.05) is 5.32 Å². The van der Waals surface area contributed by atoms with E-state index in [0.29, 0.717) is 10.6 Å². The van der Waals surface area contributed by atoms with Crippen molar-refractivity contribution in [2.45, 2.75) is 13.3 Å². The van der Waals surface area contributed by atoms with E-state index in [4.69, 9.17) is 16.3 Å². The van der Waals surface area contributed by atoms with Crippen LogP contribution in [0, 0.1) is 17.0 Å². The van der Waals surface area contributed by atoms with Crippen LogP contribution in [0.5, 0.6) is 17.4 Å². The van der Waals surface area contributed by atoms with Crippen LogP contribution in [-0.2, 0) is 0 Å². The molecular weight excluding hydrogens is 429 g/mol. The Labute approximate surface area is 172 Å². The van der Waals surface area contributed by atoms with Gasteiger partial charge in [0.15, 0.2) is 0 Å². The van der Waals surface area contributed by atoms with E-state index in [1.165, 1.54) is 18.2 Å². The number of alkyl halides is 3. The van der Waals surface area contributed by atoms with Crippen molar-refractivity contribution in [2.24, 2.45) is 0 Å². The Morgan fingerprint density at radius 1 is 1.10 bits per heavy atom. The molecule has 0 aliphatic heterocycles. The molecule has 3 aromatic rings. The number of ether oxygens (including phenoxy) is 2. The zero-order valence-electron chi connectivity index (χ0n) is 15.1. The van der Waals surface area contributed by atoms with Crippen LogP contribution < -0.4 is 14.8 Å². The van der Waals surface area contributed by atoms with E-state index in [1.54, 1.807) is 19.1 Å². The summed E-state index contributed by atoms with van der Waals surface area (Å²) in [6.07, 6.45) is -3.78. The molecule has 8 nitrogen and oxygen atoms in total. The Balaban J connectivity index is 1.87. The number of nitro groups is 1. The van der Waals surface area contributed by atoms with Gasteiger partial charge in [-0.1, -0.05) is 11.6 Å². The molecule has 0 spiro atoms. The van der Waals surface area contributed by atoms with Crippen LogP contribution in [0.2, 0.25) is 5.02 Å². The third kappa shape index (κ3) is 5.26. The van der Waals surface area contributed by atoms with Gasteiger partial charge >= 0.3 is 17.9 Å². The molecule has 0 bridgehead atoms. The van der Waals surface area contributed by atoms with Gasteiger partial charge in [0.2, 0.25) is 5.82 Å². The molecule has 1 aromatic heterocycles. The summed E-state index contributed by atoms with van der Waals surface area (Å²) in [5.41, 5.74) is 0.380. The van der Waals surface area contributed by atoms with Crippen molar-refractivity contribution < 1.29 is 27.6 Å². The largest absolute Gasteiger partial charge is 0.573 e. The number of aryl methyl sites for hydroxylation is 1. The minimum Gasteiger partial charge on any atom is -0.434 e. The molecule has 0 saturated carbocycles. The van der Waals surface area contributed by atoms with E-state index < -0.39 is 22.7 Å². The molecular formula is C18H12ClF3N4O4. The lowest BCUT2D eigenvalue weighted by atomic mass is 10.2. The van der Waals surface area contributed by atoms with Gasteiger partial charge in [-0.25, -0.2) is 4.98 Å². The van der Waals surface area contributed by atoms with Crippen LogP contribution in [0.1, 0.15) is 5.56 Å². The number of rotatable bonds is 6. The molecule has 3 rings (SSSR count). The number of hydrogen-bond acceptors (Lipinski definition) is 7. The van der Waals surface area contributed by atoms with Crippen LogP contribution in [0.25, 0.3) is 0 Å². The molecule has 0 fully saturated rings. The van der Waals surface area contributed by atoms with Gasteiger partial charge in [-0.3, -0.25) is 10.1 Å². The molecule has 30 heavy (non-hydrogen) atoms. The Morgan fingerprint density at radius 3 is 2.37 bits per heavy atom. The second-order valence-corrected chi connectivity index (χ2v) is 6.25. The van der Waals surface area contributed by atoms with Gasteiger partial charge in [0.1, 0.15) is 17.8 Å². The Kier molecular flexibility index (Phi) is 5.92. The molecule has 0 radical (unpaired) electrons. The Hall–Kier alpha value is -3.60. The van der Waals surface area contributed by atoms with Gasteiger partial charge in [-0.2, -0.15) is 4.98 Å². The highest BCUT2D eigenvalue weighted by molar-refractivity contribution is 6.31. The van der Waals surface area contributed by atoms with Gasteiger partial charge < -0.3 is 14.8 Å². The van der Waals surface area contributed by atoms with E-state index >= 15 is 0 Å². The maximum absolute atomic E-state index is 12.2. The van der Waals surface area contributed by atoms with E-state index in [1.807, 2.05) is 0 Å². The summed E-state index contributed by atoms with van der Waals surface area (Å²) >= 11 is 5.96. The van der Waals surface area contributed by atoms with Crippen molar-refractivity contribution >= 4 is 28.8 Å². The van der Waals surface area contributed by atoms with Gasteiger partial charge in [-0.15, -0.1) is 13.2 Å². The molecule has 0 aliphatic rings. The monoisotopic (exact) mass is 440 g/mol. The predicted molar refractivity (Wildman–Crippen MR) is 101 cm³/mol. The summed E-state index contributed by atoms with van der Waals surface area (Å²) in [7, 11) is 0. The summed E-state index contributed by atoms with van der Waals surface area (Å²) < 4.78 is 46.1. The summed E-state index contributed by atoms with van der Waals surface area (Å²) in [5, 5.41) is 14.8. The van der Waals surface area contributed by atoms with E-state index in [-0.39, 0.29) is 23.1 Å². The average molecular weight is 441 g/mol. The van der Waals surface area contributed by atoms with Crippen LogP contribution >= 0.6 is 11.6 Å². The quantitative estimate of drug-likeness (QED) is 0.383. The van der Waals surface area contributed by atoms with E-state index in [9.17, 15) is 23.3 Å². The predicted octanol–water partition coefficient (Wildman–Crippen LogP) is 5.78. The fourth-order valence-electron chi connectivity index (χ4n) is 2.36. The van der Waals surface area contributed by atoms with Gasteiger partial charge in [0.05, 0.1) is 4.92 Å². The van der Waals surface area contributed by atoms with Crippen molar-refractivity contribution in [1.82, 2.24) is 9.97 Å². The zero-order valence-corrected chi connectivity index (χ0v) is 15.9. The first-order valence-corrected chi connectivity index (χ1v) is 8.56. The number of benzene rings is 2. The topological polar surface area (TPSA) is 99.4 Å². The molecule has 1 heterocycles. The lowest BCUT2D eigenvalue weighted by Gasteiger charge is -2.11. The van der Waals surface area contributed by atoms with Gasteiger partial charge in [0, 0.05) is 10.7 Å². The number of nitrogens with one attached hydrogen (secondary N) is 1. The summed E-state index contributed by atoms with van der Waals surface area (Å²) in [4.78, 5) is 18.5. The highest BCUT2D eigenvalue weighted by Gasteiger charge is 2.31. The standard InChI is InChI=1S/C18H12ClF3N4O4/c1-10-8-13(6-7-14(10)19)29-17-15(26(27)28)16(23-9-24-17)25-11-2-4-12(5-3-11)30-18(20,21)22/h2-9H,1H3,(H,23,24,25). The number of anilines is 2. The molecule has 156 valence electrons. The minimum atomic E-state index is -4.83. The number of hydrogen-bond donors (Lipinski definition) is 1. The number of nitrogens with zero attached hydrogens (tertiary/aromatic N) is 3. The normalized spacial score (nSPS) is 11.1. The Morgan fingerprint density at radius 2 is 1.77 bits per heavy atom. The van der Waals surface area contributed by atoms with Crippen molar-refractivity contribution in [3.63, 3.8) is 0 Å². The molecule has 0 unspecified atom stereocenters. The molecule has 0 atom stereocenters. The molecule has 12 heteroatoms. The molecule has 0 amide bonds. The Bertz CT molecular complexity index is 1080. The fraction of sp³-hybridized carbons (Fsp3) is 0.111. The highest BCUT2D eigenvalue weighted by Crippen LogP contribution is 2.36. The fourth-order valence-corrected chi connectivity index (χ4v) is 2.48. The second kappa shape index (κ2) is 8.41. The lowest BCUT2D eigenvalue weighted by molar-refractivity contribution is -0.385. The average Bonchev–Trinajstić information content (AvgIpc) is 2.65. The van der Waals surface area contributed by atoms with Crippen molar-refractivity contribution in [1.29, 1.82) is 0 Å². The smallest absolute Gasteiger partial charge is 0.434 e. The van der Waals surface area contributed by atoms with E-state index in [0.717, 1.165) is 18.5 Å². The first-order valence-electron chi connectivity index (χ1n) is 8.18. The van der Waals surface area contributed by atoms with Crippen LogP contribution in [0.3, 0.4) is 0 Å². The van der Waals surface area contributed by atoms with Gasteiger partial charge in [0.25, 0.3) is 0 Å². The van der Waals surface area contributed by atoms with Crippen molar-refractivity contribution in [3.8, 4) is 17.4 Å². The minimum absolute atomic E-state index is 0.208. The first kappa shape index (κ1) is 21.1. The summed E-state index contributed by atoms with van der Waals surface area (Å²) in [5.74, 6) is -0.693. The summed E-state index contributed by atoms with van der Waals surface area (Å²) in [6, 6.07) is 9.27. The van der Waals surface area contributed by atoms with E-state index in [2.05, 4.69) is 20.0 Å². The maximum Gasteiger partial charge on any atom is 0.573 e. The second-order valence-electron chi connectivity index (χ2n) is 5.84. The maximum atomic E-state index is 12.2. The van der Waals surface area contributed by atoms with Crippen molar-refractivity contribution in [3.05, 3.63) is 69.5 Å². The summed E-state index contributed by atoms with van der Waals surface area (Å²) in [6.45, 7) is 1.74. The zero-order chi connectivity index (χ0) is 21.9. The molecule has 0 saturated heterocycles. The number of halogens is 4. The third-order valence-electron chi connectivity index (χ3n) is 3.67. The number of aromatic nitrogens is 2. The first-order chi connectivity index (χ1) is 14.1. The van der Waals surface area contributed by atoms with Gasteiger partial charge in [-0.05, 0) is 55.0 Å². The molecule has 1 N–H and O–H groups in total. The van der Waals surface area contributed by atoms with Crippen LogP contribution in [0.4, 0.5) is 30.4 Å². The van der Waals surface area contributed by atoms with Crippen LogP contribution in [0.15, 0.2) is 48.8 Å². The molecule has 2 aromatic carbocycles. The van der Waals surface area contributed by atoms with Crippen LogP contribution in [-0.4, -0.2) is 21.3 Å². The lowest BCUT2D eigenvalue weighted by Crippen LogP contribution is -2.17. The SMILES string of the molecule is Cc1cc(Oc2ncnc(Nc3ccc(OC(F)(F)F)cc3)c2[N+](=O)[O-])ccc1Cl. The third-order valence-corrected chi connectivity index (χ3v) is 4.09. The highest BCUT2D eigenvalue weighted by atomic mass is 35.5.